The predicted octanol–water partition coefficient (Wildman–Crippen LogP) is 0.0219. The van der Waals surface area contributed by atoms with Gasteiger partial charge in [0.25, 0.3) is 0 Å². The largest absolute Gasteiger partial charge is 0.480 e. The number of carboxylic acid groups (broad SMARTS) is 1. The summed E-state index contributed by atoms with van der Waals surface area (Å²) in [5.41, 5.74) is 0. The molecule has 0 radical (unpaired) electrons. The Labute approximate surface area is 118 Å². The predicted molar refractivity (Wildman–Crippen MR) is 72.2 cm³/mol. The van der Waals surface area contributed by atoms with Crippen molar-refractivity contribution in [3.8, 4) is 0 Å². The molecule has 8 heteroatoms. The van der Waals surface area contributed by atoms with Gasteiger partial charge < -0.3 is 14.9 Å². The number of sulfone groups is 1. The molecule has 1 aliphatic heterocycles. The zero-order chi connectivity index (χ0) is 14.9. The fraction of sp³-hybridized carbons (Fsp3) is 0.833. The van der Waals surface area contributed by atoms with Gasteiger partial charge in [0.2, 0.25) is 0 Å². The number of aliphatic carboxylic acids is 1. The molecule has 1 atom stereocenters. The second-order valence-electron chi connectivity index (χ2n) is 5.67. The molecule has 7 nitrogen and oxygen atoms in total. The number of amides is 2. The first-order valence-corrected chi connectivity index (χ1v) is 8.54. The van der Waals surface area contributed by atoms with Crippen LogP contribution in [0.15, 0.2) is 0 Å². The molecule has 0 aromatic heterocycles. The lowest BCUT2D eigenvalue weighted by Crippen LogP contribution is -2.48. The molecule has 0 bridgehead atoms. The van der Waals surface area contributed by atoms with E-state index in [0.29, 0.717) is 18.9 Å². The van der Waals surface area contributed by atoms with Crippen molar-refractivity contribution in [2.75, 3.05) is 31.6 Å². The fourth-order valence-corrected chi connectivity index (χ4v) is 4.22. The summed E-state index contributed by atoms with van der Waals surface area (Å²) >= 11 is 0. The number of nitrogens with zero attached hydrogens (tertiary/aromatic N) is 2. The number of hydrogen-bond donors (Lipinski definition) is 1. The third-order valence-electron chi connectivity index (χ3n) is 3.83. The first-order chi connectivity index (χ1) is 9.28. The van der Waals surface area contributed by atoms with Gasteiger partial charge in [-0.25, -0.2) is 13.2 Å². The molecule has 1 heterocycles. The summed E-state index contributed by atoms with van der Waals surface area (Å²) in [6.07, 6.45) is 2.46. The van der Waals surface area contributed by atoms with E-state index in [4.69, 9.17) is 5.11 Å². The summed E-state index contributed by atoms with van der Waals surface area (Å²) in [6, 6.07) is -0.732. The van der Waals surface area contributed by atoms with Crippen molar-refractivity contribution in [3.05, 3.63) is 0 Å². The highest BCUT2D eigenvalue weighted by atomic mass is 32.2. The Balaban J connectivity index is 2.00. The van der Waals surface area contributed by atoms with Crippen molar-refractivity contribution in [3.63, 3.8) is 0 Å². The van der Waals surface area contributed by atoms with Gasteiger partial charge in [-0.15, -0.1) is 0 Å². The van der Waals surface area contributed by atoms with Crippen molar-refractivity contribution in [2.24, 2.45) is 5.92 Å². The van der Waals surface area contributed by atoms with Crippen LogP contribution in [0, 0.1) is 5.92 Å². The number of carbonyl (C=O) groups excluding carboxylic acids is 1. The van der Waals surface area contributed by atoms with Crippen LogP contribution in [-0.2, 0) is 14.6 Å². The molecule has 1 saturated heterocycles. The van der Waals surface area contributed by atoms with Crippen molar-refractivity contribution in [1.82, 2.24) is 9.80 Å². The van der Waals surface area contributed by atoms with Gasteiger partial charge >= 0.3 is 12.0 Å². The highest BCUT2D eigenvalue weighted by Gasteiger charge is 2.36. The molecule has 1 unspecified atom stereocenters. The van der Waals surface area contributed by atoms with Gasteiger partial charge in [0, 0.05) is 19.6 Å². The Morgan fingerprint density at radius 2 is 1.90 bits per heavy atom. The zero-order valence-electron chi connectivity index (χ0n) is 11.5. The van der Waals surface area contributed by atoms with Crippen LogP contribution in [0.25, 0.3) is 0 Å². The molecule has 2 amide bonds. The Kier molecular flexibility index (Phi) is 4.22. The molecule has 114 valence electrons. The lowest BCUT2D eigenvalue weighted by atomic mass is 10.2. The van der Waals surface area contributed by atoms with Crippen molar-refractivity contribution >= 4 is 21.8 Å². The summed E-state index contributed by atoms with van der Waals surface area (Å²) in [5.74, 6) is -0.596. The molecular formula is C12H20N2O5S. The van der Waals surface area contributed by atoms with E-state index in [1.807, 2.05) is 0 Å². The molecule has 2 rings (SSSR count). The van der Waals surface area contributed by atoms with Gasteiger partial charge in [-0.1, -0.05) is 0 Å². The molecule has 0 spiro atoms. The minimum atomic E-state index is -3.06. The normalized spacial score (nSPS) is 24.4. The van der Waals surface area contributed by atoms with Gasteiger partial charge in [0.05, 0.1) is 11.5 Å². The van der Waals surface area contributed by atoms with E-state index in [2.05, 4.69) is 0 Å². The summed E-state index contributed by atoms with van der Waals surface area (Å²) in [5, 5.41) is 8.89. The number of hydrogen-bond acceptors (Lipinski definition) is 4. The Morgan fingerprint density at radius 1 is 1.25 bits per heavy atom. The average molecular weight is 304 g/mol. The first kappa shape index (κ1) is 15.1. The molecule has 1 saturated carbocycles. The summed E-state index contributed by atoms with van der Waals surface area (Å²) in [6.45, 7) is 0.105. The Morgan fingerprint density at radius 3 is 2.35 bits per heavy atom. The lowest BCUT2D eigenvalue weighted by Gasteiger charge is -2.30. The van der Waals surface area contributed by atoms with Crippen LogP contribution in [0.4, 0.5) is 4.79 Å². The van der Waals surface area contributed by atoms with E-state index in [1.165, 1.54) is 9.80 Å². The minimum absolute atomic E-state index is 0.0282. The summed E-state index contributed by atoms with van der Waals surface area (Å²) in [4.78, 5) is 25.9. The smallest absolute Gasteiger partial charge is 0.323 e. The second kappa shape index (κ2) is 5.59. The number of rotatable bonds is 5. The van der Waals surface area contributed by atoms with Crippen LogP contribution >= 0.6 is 0 Å². The maximum absolute atomic E-state index is 12.3. The van der Waals surface area contributed by atoms with Crippen LogP contribution in [0.5, 0.6) is 0 Å². The third-order valence-corrected chi connectivity index (χ3v) is 5.58. The molecule has 20 heavy (non-hydrogen) atoms. The van der Waals surface area contributed by atoms with Crippen LogP contribution in [0.3, 0.4) is 0 Å². The fourth-order valence-electron chi connectivity index (χ4n) is 2.45. The van der Waals surface area contributed by atoms with Crippen LogP contribution in [-0.4, -0.2) is 73.0 Å². The highest BCUT2D eigenvalue weighted by molar-refractivity contribution is 7.91. The molecular weight excluding hydrogens is 284 g/mol. The van der Waals surface area contributed by atoms with Gasteiger partial charge in [0.15, 0.2) is 9.84 Å². The molecule has 1 N–H and O–H groups in total. The van der Waals surface area contributed by atoms with E-state index >= 15 is 0 Å². The van der Waals surface area contributed by atoms with Gasteiger partial charge in [-0.2, -0.15) is 0 Å². The lowest BCUT2D eigenvalue weighted by molar-refractivity contribution is -0.137. The van der Waals surface area contributed by atoms with Crippen molar-refractivity contribution in [2.45, 2.75) is 25.3 Å². The minimum Gasteiger partial charge on any atom is -0.480 e. The van der Waals surface area contributed by atoms with E-state index in [9.17, 15) is 18.0 Å². The highest BCUT2D eigenvalue weighted by Crippen LogP contribution is 2.30. The maximum Gasteiger partial charge on any atom is 0.323 e. The van der Waals surface area contributed by atoms with Gasteiger partial charge in [0.1, 0.15) is 6.54 Å². The monoisotopic (exact) mass is 304 g/mol. The average Bonchev–Trinajstić information content (AvgIpc) is 3.08. The van der Waals surface area contributed by atoms with Gasteiger partial charge in [-0.3, -0.25) is 4.79 Å². The van der Waals surface area contributed by atoms with E-state index < -0.39 is 15.8 Å². The third kappa shape index (κ3) is 3.84. The Bertz CT molecular complexity index is 500. The molecule has 2 fully saturated rings. The van der Waals surface area contributed by atoms with Crippen molar-refractivity contribution < 1.29 is 23.1 Å². The van der Waals surface area contributed by atoms with Crippen molar-refractivity contribution in [1.29, 1.82) is 0 Å². The number of carbonyl (C=O) groups is 2. The van der Waals surface area contributed by atoms with Crippen LogP contribution in [0.1, 0.15) is 19.3 Å². The summed E-state index contributed by atoms with van der Waals surface area (Å²) < 4.78 is 22.9. The first-order valence-electron chi connectivity index (χ1n) is 6.72. The molecule has 0 aromatic carbocycles. The van der Waals surface area contributed by atoms with E-state index in [1.54, 1.807) is 7.05 Å². The maximum atomic E-state index is 12.3. The van der Waals surface area contributed by atoms with Crippen LogP contribution < -0.4 is 0 Å². The topological polar surface area (TPSA) is 95.0 Å². The van der Waals surface area contributed by atoms with Crippen LogP contribution in [0.2, 0.25) is 0 Å². The molecule has 1 aliphatic carbocycles. The number of carboxylic acids is 1. The standard InChI is InChI=1S/C12H20N2O5S/c1-13(10-4-5-20(18,19)8-10)12(17)14(7-11(15)16)6-9-2-3-9/h9-10H,2-8H2,1H3,(H,15,16). The van der Waals surface area contributed by atoms with E-state index in [-0.39, 0.29) is 30.1 Å². The molecule has 2 aliphatic rings. The molecule has 0 aromatic rings. The quantitative estimate of drug-likeness (QED) is 0.772. The van der Waals surface area contributed by atoms with E-state index in [0.717, 1.165) is 12.8 Å². The number of urea groups is 1. The second-order valence-corrected chi connectivity index (χ2v) is 7.90. The Hall–Kier alpha value is -1.31. The summed E-state index contributed by atoms with van der Waals surface area (Å²) in [7, 11) is -1.51. The van der Waals surface area contributed by atoms with Gasteiger partial charge in [-0.05, 0) is 25.2 Å². The SMILES string of the molecule is CN(C(=O)N(CC(=O)O)CC1CC1)C1CCS(=O)(=O)C1. The zero-order valence-corrected chi connectivity index (χ0v) is 12.3.